The van der Waals surface area contributed by atoms with Crippen LogP contribution in [0.25, 0.3) is 0 Å². The molecule has 7 nitrogen and oxygen atoms in total. The summed E-state index contributed by atoms with van der Waals surface area (Å²) in [6.07, 6.45) is 6.21. The molecular formula is C23H38N2O5S. The van der Waals surface area contributed by atoms with E-state index in [0.717, 1.165) is 44.3 Å². The van der Waals surface area contributed by atoms with Gasteiger partial charge in [-0.3, -0.25) is 4.79 Å². The fraction of sp³-hybridized carbons (Fsp3) is 0.696. The van der Waals surface area contributed by atoms with Crippen molar-refractivity contribution in [3.63, 3.8) is 0 Å². The molecule has 1 aliphatic carbocycles. The number of benzene rings is 1. The number of carbonyl (C=O) groups excluding carboxylic acids is 1. The van der Waals surface area contributed by atoms with Crippen molar-refractivity contribution in [1.29, 1.82) is 0 Å². The molecule has 2 N–H and O–H groups in total. The Labute approximate surface area is 187 Å². The number of sulfonamides is 1. The van der Waals surface area contributed by atoms with Crippen molar-refractivity contribution in [3.8, 4) is 5.75 Å². The summed E-state index contributed by atoms with van der Waals surface area (Å²) in [5.74, 6) is 0.567. The lowest BCUT2D eigenvalue weighted by atomic mass is 9.87. The standard InChI is InChI=1S/C23H38N2O5S/c1-4-19(10-7-15-24-31(27,28)16-8-12-23(26)30-5-2)25-20-14-13-18-9-6-11-22(29-3)21(18)17-20/h6,9,11,19-20,24-25H,4-5,7-8,10,12-17H2,1-3H3. The Kier molecular flexibility index (Phi) is 10.8. The molecule has 0 amide bonds. The second-order valence-corrected chi connectivity index (χ2v) is 10.00. The topological polar surface area (TPSA) is 93.7 Å². The monoisotopic (exact) mass is 454 g/mol. The molecule has 0 aliphatic heterocycles. The Bertz CT molecular complexity index is 783. The zero-order valence-corrected chi connectivity index (χ0v) is 19.9. The number of hydrogen-bond donors (Lipinski definition) is 2. The van der Waals surface area contributed by atoms with Gasteiger partial charge in [0.25, 0.3) is 0 Å². The van der Waals surface area contributed by atoms with Crippen molar-refractivity contribution in [2.24, 2.45) is 0 Å². The van der Waals surface area contributed by atoms with Gasteiger partial charge in [0.15, 0.2) is 0 Å². The van der Waals surface area contributed by atoms with E-state index in [9.17, 15) is 13.2 Å². The number of hydrogen-bond acceptors (Lipinski definition) is 6. The van der Waals surface area contributed by atoms with Crippen LogP contribution in [0.2, 0.25) is 0 Å². The Balaban J connectivity index is 1.71. The van der Waals surface area contributed by atoms with Crippen molar-refractivity contribution in [1.82, 2.24) is 10.0 Å². The lowest BCUT2D eigenvalue weighted by Crippen LogP contribution is -2.41. The molecule has 1 aliphatic rings. The van der Waals surface area contributed by atoms with Crippen molar-refractivity contribution in [2.45, 2.75) is 77.3 Å². The van der Waals surface area contributed by atoms with Crippen LogP contribution in [-0.4, -0.2) is 52.5 Å². The molecule has 2 unspecified atom stereocenters. The Hall–Kier alpha value is -1.64. The van der Waals surface area contributed by atoms with E-state index in [1.54, 1.807) is 14.0 Å². The average molecular weight is 455 g/mol. The van der Waals surface area contributed by atoms with Crippen LogP contribution in [0.1, 0.15) is 63.5 Å². The summed E-state index contributed by atoms with van der Waals surface area (Å²) >= 11 is 0. The number of carbonyl (C=O) groups is 1. The maximum atomic E-state index is 12.1. The van der Waals surface area contributed by atoms with E-state index in [2.05, 4.69) is 29.1 Å². The first-order valence-corrected chi connectivity index (χ1v) is 13.1. The first-order chi connectivity index (χ1) is 14.9. The number of esters is 1. The maximum absolute atomic E-state index is 12.1. The Morgan fingerprint density at radius 1 is 1.26 bits per heavy atom. The lowest BCUT2D eigenvalue weighted by Gasteiger charge is -2.30. The molecule has 0 aromatic heterocycles. The van der Waals surface area contributed by atoms with Crippen molar-refractivity contribution < 1.29 is 22.7 Å². The maximum Gasteiger partial charge on any atom is 0.305 e. The fourth-order valence-corrected chi connectivity index (χ4v) is 5.24. The zero-order valence-electron chi connectivity index (χ0n) is 19.1. The fourth-order valence-electron chi connectivity index (χ4n) is 4.12. The van der Waals surface area contributed by atoms with Gasteiger partial charge in [0.2, 0.25) is 10.0 Å². The normalized spacial score (nSPS) is 17.1. The van der Waals surface area contributed by atoms with Crippen molar-refractivity contribution >= 4 is 16.0 Å². The van der Waals surface area contributed by atoms with E-state index in [1.165, 1.54) is 11.1 Å². The van der Waals surface area contributed by atoms with Gasteiger partial charge in [-0.2, -0.15) is 0 Å². The summed E-state index contributed by atoms with van der Waals surface area (Å²) in [6, 6.07) is 7.03. The van der Waals surface area contributed by atoms with Gasteiger partial charge in [-0.25, -0.2) is 13.1 Å². The number of nitrogens with one attached hydrogen (secondary N) is 2. The number of fused-ring (bicyclic) bond motifs is 1. The highest BCUT2D eigenvalue weighted by atomic mass is 32.2. The minimum Gasteiger partial charge on any atom is -0.496 e. The first-order valence-electron chi connectivity index (χ1n) is 11.4. The van der Waals surface area contributed by atoms with Gasteiger partial charge in [-0.15, -0.1) is 0 Å². The SMILES string of the molecule is CCOC(=O)CCCS(=O)(=O)NCCCC(CC)NC1CCc2cccc(OC)c2C1. The molecule has 2 atom stereocenters. The molecule has 0 heterocycles. The summed E-state index contributed by atoms with van der Waals surface area (Å²) in [4.78, 5) is 11.3. The molecule has 0 bridgehead atoms. The molecule has 0 saturated carbocycles. The van der Waals surface area contributed by atoms with Crippen LogP contribution in [0.15, 0.2) is 18.2 Å². The average Bonchev–Trinajstić information content (AvgIpc) is 2.75. The molecule has 176 valence electrons. The summed E-state index contributed by atoms with van der Waals surface area (Å²) in [5.41, 5.74) is 2.68. The summed E-state index contributed by atoms with van der Waals surface area (Å²) < 4.78 is 37.2. The van der Waals surface area contributed by atoms with Crippen molar-refractivity contribution in [2.75, 3.05) is 26.0 Å². The van der Waals surface area contributed by atoms with Gasteiger partial charge >= 0.3 is 5.97 Å². The Morgan fingerprint density at radius 3 is 2.77 bits per heavy atom. The van der Waals surface area contributed by atoms with Crippen LogP contribution in [-0.2, 0) is 32.4 Å². The second-order valence-electron chi connectivity index (χ2n) is 8.07. The third-order valence-electron chi connectivity index (χ3n) is 5.78. The molecule has 0 fully saturated rings. The molecule has 0 spiro atoms. The van der Waals surface area contributed by atoms with E-state index in [-0.39, 0.29) is 24.6 Å². The highest BCUT2D eigenvalue weighted by Crippen LogP contribution is 2.29. The lowest BCUT2D eigenvalue weighted by molar-refractivity contribution is -0.143. The van der Waals surface area contributed by atoms with Crippen LogP contribution in [0.4, 0.5) is 0 Å². The largest absolute Gasteiger partial charge is 0.496 e. The summed E-state index contributed by atoms with van der Waals surface area (Å²) in [6.45, 7) is 4.63. The van der Waals surface area contributed by atoms with Crippen LogP contribution in [0.5, 0.6) is 5.75 Å². The molecule has 1 aromatic carbocycles. The molecule has 1 aromatic rings. The molecule has 8 heteroatoms. The van der Waals surface area contributed by atoms with E-state index >= 15 is 0 Å². The van der Waals surface area contributed by atoms with Gasteiger partial charge < -0.3 is 14.8 Å². The van der Waals surface area contributed by atoms with E-state index in [1.807, 2.05) is 6.07 Å². The highest BCUT2D eigenvalue weighted by molar-refractivity contribution is 7.89. The number of aryl methyl sites for hydroxylation is 1. The molecular weight excluding hydrogens is 416 g/mol. The van der Waals surface area contributed by atoms with Crippen molar-refractivity contribution in [3.05, 3.63) is 29.3 Å². The van der Waals surface area contributed by atoms with Gasteiger partial charge in [-0.1, -0.05) is 19.1 Å². The third-order valence-corrected chi connectivity index (χ3v) is 7.25. The van der Waals surface area contributed by atoms with Crippen LogP contribution in [0.3, 0.4) is 0 Å². The van der Waals surface area contributed by atoms with Gasteiger partial charge in [0.05, 0.1) is 19.5 Å². The smallest absolute Gasteiger partial charge is 0.305 e. The van der Waals surface area contributed by atoms with Crippen LogP contribution in [0, 0.1) is 0 Å². The van der Waals surface area contributed by atoms with Crippen LogP contribution >= 0.6 is 0 Å². The zero-order chi connectivity index (χ0) is 22.7. The Morgan fingerprint density at radius 2 is 2.06 bits per heavy atom. The van der Waals surface area contributed by atoms with E-state index in [4.69, 9.17) is 9.47 Å². The summed E-state index contributed by atoms with van der Waals surface area (Å²) in [5, 5.41) is 3.77. The first kappa shape index (κ1) is 25.6. The van der Waals surface area contributed by atoms with Gasteiger partial charge in [0.1, 0.15) is 5.75 Å². The molecule has 0 radical (unpaired) electrons. The van der Waals surface area contributed by atoms with Gasteiger partial charge in [0, 0.05) is 25.0 Å². The van der Waals surface area contributed by atoms with E-state index in [0.29, 0.717) is 25.2 Å². The molecule has 0 saturated heterocycles. The predicted molar refractivity (Wildman–Crippen MR) is 123 cm³/mol. The highest BCUT2D eigenvalue weighted by Gasteiger charge is 2.23. The summed E-state index contributed by atoms with van der Waals surface area (Å²) in [7, 11) is -1.64. The quantitative estimate of drug-likeness (QED) is 0.332. The molecule has 2 rings (SSSR count). The van der Waals surface area contributed by atoms with Crippen LogP contribution < -0.4 is 14.8 Å². The number of rotatable bonds is 14. The third kappa shape index (κ3) is 8.79. The predicted octanol–water partition coefficient (Wildman–Crippen LogP) is 2.96. The molecule has 31 heavy (non-hydrogen) atoms. The number of methoxy groups -OCH3 is 1. The minimum atomic E-state index is -3.36. The minimum absolute atomic E-state index is 0.0510. The number of ether oxygens (including phenoxy) is 2. The second kappa shape index (κ2) is 13.0. The van der Waals surface area contributed by atoms with Gasteiger partial charge in [-0.05, 0) is 69.1 Å². The van der Waals surface area contributed by atoms with E-state index < -0.39 is 10.0 Å².